The van der Waals surface area contributed by atoms with E-state index >= 15 is 0 Å². The molecule has 2 aromatic rings. The zero-order valence-corrected chi connectivity index (χ0v) is 7.73. The zero-order chi connectivity index (χ0) is 9.38. The quantitative estimate of drug-likeness (QED) is 0.685. The summed E-state index contributed by atoms with van der Waals surface area (Å²) in [5.74, 6) is 0.712. The average molecular weight is 186 g/mol. The average Bonchev–Trinajstić information content (AvgIpc) is 2.88. The Hall–Kier alpha value is -1.64. The Kier molecular flexibility index (Phi) is 1.63. The number of fused-ring (bicyclic) bond motifs is 1. The number of nitrogens with zero attached hydrogens (tertiary/aromatic N) is 2. The highest BCUT2D eigenvalue weighted by atomic mass is 16.5. The van der Waals surface area contributed by atoms with E-state index in [0.717, 1.165) is 12.0 Å². The lowest BCUT2D eigenvalue weighted by atomic mass is 10.0. The minimum Gasteiger partial charge on any atom is -0.342 e. The van der Waals surface area contributed by atoms with Crippen LogP contribution < -0.4 is 0 Å². The van der Waals surface area contributed by atoms with Gasteiger partial charge in [0.1, 0.15) is 0 Å². The lowest BCUT2D eigenvalue weighted by Crippen LogP contribution is -1.89. The Bertz CT molecular complexity index is 448. The molecular weight excluding hydrogens is 176 g/mol. The summed E-state index contributed by atoms with van der Waals surface area (Å²) in [5.41, 5.74) is 3.97. The van der Waals surface area contributed by atoms with Crippen LogP contribution in [0.4, 0.5) is 0 Å². The molecule has 3 heteroatoms. The van der Waals surface area contributed by atoms with E-state index in [2.05, 4.69) is 28.3 Å². The monoisotopic (exact) mass is 186 g/mol. The molecule has 1 aliphatic carbocycles. The standard InChI is InChI=1S/C11H10N2O/c1-3-8-4-2-6-10(9(8)5-1)11-12-7-14-13-11/h2,4,6-7H,1,3,5H2. The van der Waals surface area contributed by atoms with E-state index in [9.17, 15) is 0 Å². The predicted molar refractivity (Wildman–Crippen MR) is 51.8 cm³/mol. The maximum Gasteiger partial charge on any atom is 0.214 e. The molecule has 0 N–H and O–H groups in total. The van der Waals surface area contributed by atoms with Crippen molar-refractivity contribution >= 4 is 0 Å². The molecule has 0 unspecified atom stereocenters. The van der Waals surface area contributed by atoms with Gasteiger partial charge in [0.05, 0.1) is 0 Å². The first-order valence-corrected chi connectivity index (χ1v) is 4.82. The van der Waals surface area contributed by atoms with Gasteiger partial charge in [-0.05, 0) is 30.4 Å². The normalized spacial score (nSPS) is 14.3. The van der Waals surface area contributed by atoms with Crippen LogP contribution in [0.1, 0.15) is 17.5 Å². The van der Waals surface area contributed by atoms with Gasteiger partial charge in [-0.15, -0.1) is 0 Å². The Morgan fingerprint density at radius 1 is 1.21 bits per heavy atom. The molecule has 0 atom stereocenters. The van der Waals surface area contributed by atoms with Crippen molar-refractivity contribution in [2.75, 3.05) is 0 Å². The molecule has 0 spiro atoms. The second-order valence-corrected chi connectivity index (χ2v) is 3.55. The van der Waals surface area contributed by atoms with Gasteiger partial charge in [0, 0.05) is 5.56 Å². The lowest BCUT2D eigenvalue weighted by Gasteiger charge is -2.03. The van der Waals surface area contributed by atoms with Crippen molar-refractivity contribution in [3.63, 3.8) is 0 Å². The summed E-state index contributed by atoms with van der Waals surface area (Å²) in [6, 6.07) is 6.32. The van der Waals surface area contributed by atoms with Crippen LogP contribution in [0.5, 0.6) is 0 Å². The van der Waals surface area contributed by atoms with Crippen LogP contribution in [-0.4, -0.2) is 10.1 Å². The van der Waals surface area contributed by atoms with Gasteiger partial charge in [0.25, 0.3) is 0 Å². The van der Waals surface area contributed by atoms with Crippen molar-refractivity contribution in [1.29, 1.82) is 0 Å². The van der Waals surface area contributed by atoms with E-state index in [1.54, 1.807) is 0 Å². The van der Waals surface area contributed by atoms with Crippen LogP contribution in [0.25, 0.3) is 11.4 Å². The number of hydrogen-bond acceptors (Lipinski definition) is 3. The van der Waals surface area contributed by atoms with Gasteiger partial charge in [0.2, 0.25) is 12.2 Å². The third kappa shape index (κ3) is 1.05. The summed E-state index contributed by atoms with van der Waals surface area (Å²) >= 11 is 0. The Morgan fingerprint density at radius 3 is 3.07 bits per heavy atom. The van der Waals surface area contributed by atoms with Crippen LogP contribution in [0.2, 0.25) is 0 Å². The first-order chi connectivity index (χ1) is 6.95. The van der Waals surface area contributed by atoms with Gasteiger partial charge in [-0.3, -0.25) is 0 Å². The molecule has 3 nitrogen and oxygen atoms in total. The molecule has 3 rings (SSSR count). The third-order valence-electron chi connectivity index (χ3n) is 2.75. The molecule has 0 fully saturated rings. The van der Waals surface area contributed by atoms with Crippen LogP contribution in [0, 0.1) is 0 Å². The topological polar surface area (TPSA) is 38.9 Å². The molecule has 0 bridgehead atoms. The van der Waals surface area contributed by atoms with E-state index in [0.29, 0.717) is 5.82 Å². The molecule has 1 heterocycles. The number of benzene rings is 1. The SMILES string of the molecule is c1cc2c(c(-c3ncon3)c1)CCC2. The van der Waals surface area contributed by atoms with Crippen molar-refractivity contribution in [3.05, 3.63) is 35.7 Å². The molecular formula is C11H10N2O. The smallest absolute Gasteiger partial charge is 0.214 e. The Morgan fingerprint density at radius 2 is 2.21 bits per heavy atom. The molecule has 0 radical (unpaired) electrons. The van der Waals surface area contributed by atoms with Gasteiger partial charge >= 0.3 is 0 Å². The number of hydrogen-bond donors (Lipinski definition) is 0. The van der Waals surface area contributed by atoms with E-state index in [4.69, 9.17) is 4.52 Å². The summed E-state index contributed by atoms with van der Waals surface area (Å²) < 4.78 is 4.77. The minimum absolute atomic E-state index is 0.712. The van der Waals surface area contributed by atoms with Gasteiger partial charge in [-0.1, -0.05) is 23.4 Å². The lowest BCUT2D eigenvalue weighted by molar-refractivity contribution is 0.418. The summed E-state index contributed by atoms with van der Waals surface area (Å²) in [7, 11) is 0. The van der Waals surface area contributed by atoms with Crippen molar-refractivity contribution < 1.29 is 4.52 Å². The second-order valence-electron chi connectivity index (χ2n) is 3.55. The highest BCUT2D eigenvalue weighted by molar-refractivity contribution is 5.62. The predicted octanol–water partition coefficient (Wildman–Crippen LogP) is 2.23. The fourth-order valence-corrected chi connectivity index (χ4v) is 2.12. The van der Waals surface area contributed by atoms with Gasteiger partial charge in [-0.2, -0.15) is 4.98 Å². The molecule has 1 aliphatic rings. The van der Waals surface area contributed by atoms with Crippen molar-refractivity contribution in [1.82, 2.24) is 10.1 Å². The molecule has 14 heavy (non-hydrogen) atoms. The summed E-state index contributed by atoms with van der Waals surface area (Å²) in [6.07, 6.45) is 4.94. The largest absolute Gasteiger partial charge is 0.342 e. The third-order valence-corrected chi connectivity index (χ3v) is 2.75. The molecule has 0 aliphatic heterocycles. The van der Waals surface area contributed by atoms with Crippen LogP contribution in [0.3, 0.4) is 0 Å². The summed E-state index contributed by atoms with van der Waals surface area (Å²) in [4.78, 5) is 4.09. The van der Waals surface area contributed by atoms with E-state index in [-0.39, 0.29) is 0 Å². The van der Waals surface area contributed by atoms with E-state index in [1.165, 1.54) is 30.4 Å². The molecule has 0 saturated heterocycles. The zero-order valence-electron chi connectivity index (χ0n) is 7.73. The number of aryl methyl sites for hydroxylation is 1. The van der Waals surface area contributed by atoms with Crippen LogP contribution in [-0.2, 0) is 12.8 Å². The Balaban J connectivity index is 2.20. The molecule has 0 saturated carbocycles. The minimum atomic E-state index is 0.712. The van der Waals surface area contributed by atoms with Crippen LogP contribution in [0.15, 0.2) is 29.1 Å². The molecule has 70 valence electrons. The first-order valence-electron chi connectivity index (χ1n) is 4.82. The van der Waals surface area contributed by atoms with Gasteiger partial charge in [0.15, 0.2) is 0 Å². The van der Waals surface area contributed by atoms with Crippen molar-refractivity contribution in [3.8, 4) is 11.4 Å². The van der Waals surface area contributed by atoms with Gasteiger partial charge in [-0.25, -0.2) is 0 Å². The Labute approximate surface area is 81.8 Å². The number of aromatic nitrogens is 2. The second kappa shape index (κ2) is 2.94. The summed E-state index contributed by atoms with van der Waals surface area (Å²) in [6.45, 7) is 0. The molecule has 1 aromatic heterocycles. The van der Waals surface area contributed by atoms with Crippen LogP contribution >= 0.6 is 0 Å². The first kappa shape index (κ1) is 7.74. The fraction of sp³-hybridized carbons (Fsp3) is 0.273. The highest BCUT2D eigenvalue weighted by Gasteiger charge is 2.17. The maximum atomic E-state index is 4.77. The van der Waals surface area contributed by atoms with E-state index < -0.39 is 0 Å². The highest BCUT2D eigenvalue weighted by Crippen LogP contribution is 2.30. The van der Waals surface area contributed by atoms with Crippen molar-refractivity contribution in [2.45, 2.75) is 19.3 Å². The van der Waals surface area contributed by atoms with Gasteiger partial charge < -0.3 is 4.52 Å². The summed E-state index contributed by atoms with van der Waals surface area (Å²) in [5, 5.41) is 3.88. The van der Waals surface area contributed by atoms with Crippen molar-refractivity contribution in [2.24, 2.45) is 0 Å². The number of rotatable bonds is 1. The maximum absolute atomic E-state index is 4.77. The fourth-order valence-electron chi connectivity index (χ4n) is 2.12. The van der Waals surface area contributed by atoms with E-state index in [1.807, 2.05) is 0 Å². The molecule has 0 amide bonds. The molecule has 1 aromatic carbocycles.